The van der Waals surface area contributed by atoms with E-state index in [-0.39, 0.29) is 5.91 Å². The van der Waals surface area contributed by atoms with Gasteiger partial charge in [-0.1, -0.05) is 0 Å². The van der Waals surface area contributed by atoms with Gasteiger partial charge in [-0.05, 0) is 20.8 Å². The highest BCUT2D eigenvalue weighted by Crippen LogP contribution is 1.95. The molecule has 0 aliphatic carbocycles. The molecule has 1 amide bonds. The summed E-state index contributed by atoms with van der Waals surface area (Å²) in [7, 11) is 0. The molecule has 5 heteroatoms. The molecule has 0 bridgehead atoms. The summed E-state index contributed by atoms with van der Waals surface area (Å²) in [4.78, 5) is 22.0. The molecule has 0 aliphatic rings. The van der Waals surface area contributed by atoms with Crippen LogP contribution in [0.2, 0.25) is 0 Å². The van der Waals surface area contributed by atoms with Gasteiger partial charge in [-0.3, -0.25) is 4.79 Å². The van der Waals surface area contributed by atoms with E-state index >= 15 is 0 Å². The number of halogens is 1. The maximum absolute atomic E-state index is 11.0. The van der Waals surface area contributed by atoms with Crippen LogP contribution in [0.25, 0.3) is 0 Å². The van der Waals surface area contributed by atoms with Gasteiger partial charge in [0.05, 0.1) is 6.61 Å². The van der Waals surface area contributed by atoms with Gasteiger partial charge in [0.2, 0.25) is 5.91 Å². The zero-order chi connectivity index (χ0) is 10.4. The maximum atomic E-state index is 11.0. The number of alkyl halides is 1. The van der Waals surface area contributed by atoms with Gasteiger partial charge >= 0.3 is 5.97 Å². The van der Waals surface area contributed by atoms with Crippen molar-refractivity contribution in [3.05, 3.63) is 0 Å². The highest BCUT2D eigenvalue weighted by Gasteiger charge is 2.18. The Kier molecular flexibility index (Phi) is 5.46. The van der Waals surface area contributed by atoms with Crippen LogP contribution in [0.4, 0.5) is 0 Å². The fourth-order valence-corrected chi connectivity index (χ4v) is 0.717. The van der Waals surface area contributed by atoms with Gasteiger partial charge < -0.3 is 10.1 Å². The number of esters is 1. The molecule has 76 valence electrons. The fraction of sp³-hybridized carbons (Fsp3) is 0.750. The monoisotopic (exact) mass is 207 g/mol. The van der Waals surface area contributed by atoms with Crippen LogP contribution in [0.3, 0.4) is 0 Å². The zero-order valence-corrected chi connectivity index (χ0v) is 8.72. The Balaban J connectivity index is 3.92. The van der Waals surface area contributed by atoms with Gasteiger partial charge in [0.1, 0.15) is 11.4 Å². The van der Waals surface area contributed by atoms with Gasteiger partial charge in [0.15, 0.2) is 0 Å². The molecule has 2 atom stereocenters. The van der Waals surface area contributed by atoms with Crippen molar-refractivity contribution < 1.29 is 14.3 Å². The lowest BCUT2D eigenvalue weighted by Gasteiger charge is -2.13. The summed E-state index contributed by atoms with van der Waals surface area (Å²) in [5.41, 5.74) is 0. The van der Waals surface area contributed by atoms with Crippen molar-refractivity contribution in [3.8, 4) is 0 Å². The Morgan fingerprint density at radius 2 is 2.00 bits per heavy atom. The Morgan fingerprint density at radius 3 is 2.38 bits per heavy atom. The van der Waals surface area contributed by atoms with E-state index in [9.17, 15) is 9.59 Å². The Morgan fingerprint density at radius 1 is 1.46 bits per heavy atom. The molecule has 0 heterocycles. The molecule has 0 saturated heterocycles. The number of rotatable bonds is 4. The molecule has 2 unspecified atom stereocenters. The summed E-state index contributed by atoms with van der Waals surface area (Å²) in [6, 6.07) is -0.645. The molecule has 0 aliphatic heterocycles. The molecule has 13 heavy (non-hydrogen) atoms. The van der Waals surface area contributed by atoms with Gasteiger partial charge in [0, 0.05) is 0 Å². The normalized spacial score (nSPS) is 14.5. The van der Waals surface area contributed by atoms with Gasteiger partial charge in [-0.25, -0.2) is 4.79 Å². The van der Waals surface area contributed by atoms with E-state index in [0.29, 0.717) is 6.61 Å². The van der Waals surface area contributed by atoms with E-state index in [2.05, 4.69) is 10.1 Å². The topological polar surface area (TPSA) is 55.4 Å². The van der Waals surface area contributed by atoms with Crippen molar-refractivity contribution >= 4 is 23.5 Å². The maximum Gasteiger partial charge on any atom is 0.328 e. The standard InChI is InChI=1S/C8H14ClNO3/c1-4-13-8(12)6(3)10-7(11)5(2)9/h5-6H,4H2,1-3H3,(H,10,11). The summed E-state index contributed by atoms with van der Waals surface area (Å²) < 4.78 is 4.69. The molecule has 4 nitrogen and oxygen atoms in total. The van der Waals surface area contributed by atoms with Crippen LogP contribution in [-0.2, 0) is 14.3 Å². The first kappa shape index (κ1) is 12.2. The van der Waals surface area contributed by atoms with Crippen LogP contribution in [0.1, 0.15) is 20.8 Å². The van der Waals surface area contributed by atoms with E-state index in [0.717, 1.165) is 0 Å². The van der Waals surface area contributed by atoms with Crippen LogP contribution in [-0.4, -0.2) is 29.9 Å². The number of amides is 1. The average Bonchev–Trinajstić information content (AvgIpc) is 2.04. The smallest absolute Gasteiger partial charge is 0.328 e. The predicted molar refractivity (Wildman–Crippen MR) is 49.6 cm³/mol. The van der Waals surface area contributed by atoms with Gasteiger partial charge in [0.25, 0.3) is 0 Å². The first-order valence-electron chi connectivity index (χ1n) is 4.10. The van der Waals surface area contributed by atoms with Crippen LogP contribution in [0.15, 0.2) is 0 Å². The third-order valence-electron chi connectivity index (χ3n) is 1.36. The summed E-state index contributed by atoms with van der Waals surface area (Å²) in [5, 5.41) is 1.78. The lowest BCUT2D eigenvalue weighted by atomic mass is 10.3. The molecule has 0 aromatic heterocycles. The number of hydrogen-bond acceptors (Lipinski definition) is 3. The minimum absolute atomic E-state index is 0.301. The van der Waals surface area contributed by atoms with Crippen molar-refractivity contribution in [2.24, 2.45) is 0 Å². The third kappa shape index (κ3) is 4.72. The minimum Gasteiger partial charge on any atom is -0.464 e. The second-order valence-electron chi connectivity index (χ2n) is 2.60. The van der Waals surface area contributed by atoms with E-state index in [1.807, 2.05) is 0 Å². The average molecular weight is 208 g/mol. The predicted octanol–water partition coefficient (Wildman–Crippen LogP) is 0.681. The Bertz CT molecular complexity index is 194. The van der Waals surface area contributed by atoms with Crippen molar-refractivity contribution in [2.45, 2.75) is 32.2 Å². The molecule has 0 aromatic rings. The molecule has 0 rings (SSSR count). The molecule has 0 fully saturated rings. The zero-order valence-electron chi connectivity index (χ0n) is 7.96. The second kappa shape index (κ2) is 5.80. The molecule has 1 N–H and O–H groups in total. The number of nitrogens with one attached hydrogen (secondary N) is 1. The fourth-order valence-electron chi connectivity index (χ4n) is 0.654. The first-order chi connectivity index (χ1) is 5.99. The highest BCUT2D eigenvalue weighted by molar-refractivity contribution is 6.30. The summed E-state index contributed by atoms with van der Waals surface area (Å²) in [6.45, 7) is 5.09. The highest BCUT2D eigenvalue weighted by atomic mass is 35.5. The lowest BCUT2D eigenvalue weighted by Crippen LogP contribution is -2.42. The molecule has 0 saturated carbocycles. The van der Waals surface area contributed by atoms with Gasteiger partial charge in [-0.2, -0.15) is 0 Å². The summed E-state index contributed by atoms with van der Waals surface area (Å²) in [6.07, 6.45) is 0. The Hall–Kier alpha value is -0.770. The molecule has 0 aromatic carbocycles. The quantitative estimate of drug-likeness (QED) is 0.545. The van der Waals surface area contributed by atoms with E-state index in [1.165, 1.54) is 6.92 Å². The third-order valence-corrected chi connectivity index (χ3v) is 1.56. The number of ether oxygens (including phenoxy) is 1. The lowest BCUT2D eigenvalue weighted by molar-refractivity contribution is -0.146. The van der Waals surface area contributed by atoms with Crippen LogP contribution < -0.4 is 5.32 Å². The number of carbonyl (C=O) groups excluding carboxylic acids is 2. The number of hydrogen-bond donors (Lipinski definition) is 1. The van der Waals surface area contributed by atoms with Crippen LogP contribution in [0.5, 0.6) is 0 Å². The van der Waals surface area contributed by atoms with Crippen molar-refractivity contribution in [1.82, 2.24) is 5.32 Å². The minimum atomic E-state index is -0.645. The SMILES string of the molecule is CCOC(=O)C(C)NC(=O)C(C)Cl. The molecule has 0 radical (unpaired) electrons. The van der Waals surface area contributed by atoms with Crippen molar-refractivity contribution in [2.75, 3.05) is 6.61 Å². The second-order valence-corrected chi connectivity index (χ2v) is 3.25. The van der Waals surface area contributed by atoms with Gasteiger partial charge in [-0.15, -0.1) is 11.6 Å². The van der Waals surface area contributed by atoms with Crippen molar-refractivity contribution in [3.63, 3.8) is 0 Å². The van der Waals surface area contributed by atoms with Crippen LogP contribution >= 0.6 is 11.6 Å². The molecular formula is C8H14ClNO3. The van der Waals surface area contributed by atoms with E-state index in [1.54, 1.807) is 13.8 Å². The van der Waals surface area contributed by atoms with E-state index in [4.69, 9.17) is 11.6 Å². The summed E-state index contributed by atoms with van der Waals surface area (Å²) >= 11 is 5.49. The first-order valence-corrected chi connectivity index (χ1v) is 4.53. The summed E-state index contributed by atoms with van der Waals surface area (Å²) in [5.74, 6) is -0.824. The number of carbonyl (C=O) groups is 2. The molecular weight excluding hydrogens is 194 g/mol. The molecule has 0 spiro atoms. The van der Waals surface area contributed by atoms with Crippen LogP contribution in [0, 0.1) is 0 Å². The largest absolute Gasteiger partial charge is 0.464 e. The Labute approximate surface area is 82.6 Å². The van der Waals surface area contributed by atoms with Crippen molar-refractivity contribution in [1.29, 1.82) is 0 Å². The van der Waals surface area contributed by atoms with E-state index < -0.39 is 17.4 Å².